The molecular weight excluding hydrogens is 310 g/mol. The van der Waals surface area contributed by atoms with E-state index in [0.29, 0.717) is 12.0 Å². The zero-order chi connectivity index (χ0) is 17.0. The highest BCUT2D eigenvalue weighted by Gasteiger charge is 2.42. The summed E-state index contributed by atoms with van der Waals surface area (Å²) in [5, 5.41) is 23.5. The van der Waals surface area contributed by atoms with Gasteiger partial charge in [0.15, 0.2) is 0 Å². The molecule has 23 heavy (non-hydrogen) atoms. The molecule has 0 saturated heterocycles. The van der Waals surface area contributed by atoms with Crippen LogP contribution >= 0.6 is 0 Å². The molecule has 1 aromatic rings. The minimum absolute atomic E-state index is 0.104. The molecule has 4 N–H and O–H groups in total. The first-order valence-corrected chi connectivity index (χ1v) is 7.22. The van der Waals surface area contributed by atoms with Crippen molar-refractivity contribution in [3.8, 4) is 5.75 Å². The van der Waals surface area contributed by atoms with Gasteiger partial charge >= 0.3 is 12.6 Å². The van der Waals surface area contributed by atoms with Crippen LogP contribution in [0.4, 0.5) is 13.6 Å². The van der Waals surface area contributed by atoms with Crippen molar-refractivity contribution < 1.29 is 28.5 Å². The molecule has 1 aliphatic rings. The molecule has 0 heterocycles. The number of halogens is 2. The average molecular weight is 330 g/mol. The van der Waals surface area contributed by atoms with Crippen molar-refractivity contribution in [2.24, 2.45) is 0 Å². The van der Waals surface area contributed by atoms with Crippen LogP contribution in [-0.2, 0) is 0 Å². The molecule has 0 aromatic heterocycles. The number of aliphatic hydroxyl groups is 2. The number of urea groups is 1. The Balaban J connectivity index is 1.94. The number of benzene rings is 1. The lowest BCUT2D eigenvalue weighted by molar-refractivity contribution is -0.0504. The Kier molecular flexibility index (Phi) is 5.38. The fraction of sp³-hybridized carbons (Fsp3) is 0.533. The Morgan fingerprint density at radius 1 is 1.39 bits per heavy atom. The average Bonchev–Trinajstić information content (AvgIpc) is 3.25. The van der Waals surface area contributed by atoms with Gasteiger partial charge < -0.3 is 25.6 Å². The fourth-order valence-electron chi connectivity index (χ4n) is 2.30. The van der Waals surface area contributed by atoms with Crippen LogP contribution in [0.25, 0.3) is 0 Å². The first-order valence-electron chi connectivity index (χ1n) is 7.22. The van der Waals surface area contributed by atoms with Gasteiger partial charge in [-0.1, -0.05) is 18.2 Å². The number of para-hydroxylation sites is 1. The topological polar surface area (TPSA) is 90.8 Å². The van der Waals surface area contributed by atoms with Crippen LogP contribution in [0, 0.1) is 0 Å². The SMILES string of the molecule is CC(CO)(CO)NC(=O)N[C@H]1C[C@@H]1c1ccccc1OC(F)F. The van der Waals surface area contributed by atoms with E-state index in [-0.39, 0.29) is 17.7 Å². The van der Waals surface area contributed by atoms with Gasteiger partial charge in [-0.2, -0.15) is 8.78 Å². The summed E-state index contributed by atoms with van der Waals surface area (Å²) in [7, 11) is 0. The third-order valence-corrected chi connectivity index (χ3v) is 3.75. The van der Waals surface area contributed by atoms with E-state index in [9.17, 15) is 13.6 Å². The number of carbonyl (C=O) groups is 1. The number of hydrogen-bond acceptors (Lipinski definition) is 4. The van der Waals surface area contributed by atoms with Crippen LogP contribution in [0.2, 0.25) is 0 Å². The summed E-state index contributed by atoms with van der Waals surface area (Å²) >= 11 is 0. The lowest BCUT2D eigenvalue weighted by Gasteiger charge is -2.26. The predicted octanol–water partition coefficient (Wildman–Crippen LogP) is 1.19. The molecule has 1 fully saturated rings. The predicted molar refractivity (Wildman–Crippen MR) is 78.5 cm³/mol. The van der Waals surface area contributed by atoms with Crippen LogP contribution in [-0.4, -0.2) is 47.7 Å². The number of hydrogen-bond donors (Lipinski definition) is 4. The van der Waals surface area contributed by atoms with Gasteiger partial charge in [-0.05, 0) is 25.0 Å². The maximum Gasteiger partial charge on any atom is 0.387 e. The van der Waals surface area contributed by atoms with Crippen molar-refractivity contribution in [1.82, 2.24) is 10.6 Å². The molecule has 128 valence electrons. The van der Waals surface area contributed by atoms with Crippen LogP contribution in [0.5, 0.6) is 5.75 Å². The summed E-state index contributed by atoms with van der Waals surface area (Å²) in [5.74, 6) is -0.00188. The second-order valence-corrected chi connectivity index (χ2v) is 5.84. The van der Waals surface area contributed by atoms with Crippen LogP contribution in [0.1, 0.15) is 24.8 Å². The molecule has 0 spiro atoms. The number of nitrogens with one attached hydrogen (secondary N) is 2. The minimum atomic E-state index is -2.90. The van der Waals surface area contributed by atoms with Gasteiger partial charge in [-0.3, -0.25) is 0 Å². The number of rotatable bonds is 7. The molecule has 8 heteroatoms. The third kappa shape index (κ3) is 4.52. The maximum absolute atomic E-state index is 12.4. The van der Waals surface area contributed by atoms with Crippen molar-refractivity contribution >= 4 is 6.03 Å². The van der Waals surface area contributed by atoms with Crippen LogP contribution in [0.15, 0.2) is 24.3 Å². The van der Waals surface area contributed by atoms with E-state index in [1.165, 1.54) is 13.0 Å². The molecule has 1 saturated carbocycles. The second kappa shape index (κ2) is 7.10. The summed E-state index contributed by atoms with van der Waals surface area (Å²) in [5.41, 5.74) is -0.504. The van der Waals surface area contributed by atoms with Crippen LogP contribution in [0.3, 0.4) is 0 Å². The van der Waals surface area contributed by atoms with Crippen molar-refractivity contribution in [1.29, 1.82) is 0 Å². The van der Waals surface area contributed by atoms with E-state index in [4.69, 9.17) is 10.2 Å². The molecule has 0 unspecified atom stereocenters. The van der Waals surface area contributed by atoms with E-state index < -0.39 is 31.4 Å². The number of aliphatic hydroxyl groups excluding tert-OH is 2. The van der Waals surface area contributed by atoms with Crippen molar-refractivity contribution in [2.75, 3.05) is 13.2 Å². The van der Waals surface area contributed by atoms with E-state index in [0.717, 1.165) is 0 Å². The summed E-state index contributed by atoms with van der Waals surface area (Å²) in [6.07, 6.45) is 0.603. The van der Waals surface area contributed by atoms with Gasteiger partial charge in [0.25, 0.3) is 0 Å². The number of carbonyl (C=O) groups excluding carboxylic acids is 1. The number of alkyl halides is 2. The van der Waals surface area contributed by atoms with Crippen LogP contribution < -0.4 is 15.4 Å². The highest BCUT2D eigenvalue weighted by atomic mass is 19.3. The lowest BCUT2D eigenvalue weighted by atomic mass is 10.1. The molecule has 2 amide bonds. The van der Waals surface area contributed by atoms with Gasteiger partial charge in [-0.25, -0.2) is 4.79 Å². The van der Waals surface area contributed by atoms with Crippen molar-refractivity contribution in [3.05, 3.63) is 29.8 Å². The maximum atomic E-state index is 12.4. The number of amides is 2. The first kappa shape index (κ1) is 17.4. The van der Waals surface area contributed by atoms with E-state index in [1.54, 1.807) is 18.2 Å². The van der Waals surface area contributed by atoms with Gasteiger partial charge in [0.2, 0.25) is 0 Å². The summed E-state index contributed by atoms with van der Waals surface area (Å²) in [4.78, 5) is 11.9. The molecule has 0 aliphatic heterocycles. The Labute approximate surface area is 132 Å². The van der Waals surface area contributed by atoms with Gasteiger partial charge in [0.05, 0.1) is 18.8 Å². The molecular formula is C15H20F2N2O4. The molecule has 1 aliphatic carbocycles. The van der Waals surface area contributed by atoms with Crippen molar-refractivity contribution in [3.63, 3.8) is 0 Å². The van der Waals surface area contributed by atoms with Gasteiger partial charge in [0.1, 0.15) is 5.75 Å². The zero-order valence-corrected chi connectivity index (χ0v) is 12.6. The Bertz CT molecular complexity index is 552. The van der Waals surface area contributed by atoms with Gasteiger partial charge in [0, 0.05) is 12.0 Å². The molecule has 0 radical (unpaired) electrons. The summed E-state index contributed by atoms with van der Waals surface area (Å²) in [6, 6.07) is 5.73. The summed E-state index contributed by atoms with van der Waals surface area (Å²) < 4.78 is 29.3. The second-order valence-electron chi connectivity index (χ2n) is 5.84. The fourth-order valence-corrected chi connectivity index (χ4v) is 2.30. The Morgan fingerprint density at radius 2 is 2.04 bits per heavy atom. The van der Waals surface area contributed by atoms with E-state index >= 15 is 0 Å². The monoisotopic (exact) mass is 330 g/mol. The molecule has 2 rings (SSSR count). The molecule has 2 atom stereocenters. The standard InChI is InChI=1S/C15H20F2N2O4/c1-15(7-20,8-21)19-14(22)18-11-6-10(11)9-4-2-3-5-12(9)23-13(16)17/h2-5,10-11,13,20-21H,6-8H2,1H3,(H2,18,19,22)/t10-,11+/m1/s1. The zero-order valence-electron chi connectivity index (χ0n) is 12.6. The Hall–Kier alpha value is -1.93. The normalized spacial score (nSPS) is 20.3. The molecule has 6 nitrogen and oxygen atoms in total. The Morgan fingerprint density at radius 3 is 2.65 bits per heavy atom. The van der Waals surface area contributed by atoms with Crippen molar-refractivity contribution in [2.45, 2.75) is 37.5 Å². The quantitative estimate of drug-likeness (QED) is 0.604. The third-order valence-electron chi connectivity index (χ3n) is 3.75. The minimum Gasteiger partial charge on any atom is -0.435 e. The molecule has 0 bridgehead atoms. The first-order chi connectivity index (χ1) is 10.9. The lowest BCUT2D eigenvalue weighted by Crippen LogP contribution is -2.55. The smallest absolute Gasteiger partial charge is 0.387 e. The molecule has 1 aromatic carbocycles. The highest BCUT2D eigenvalue weighted by molar-refractivity contribution is 5.76. The van der Waals surface area contributed by atoms with E-state index in [1.807, 2.05) is 0 Å². The van der Waals surface area contributed by atoms with E-state index in [2.05, 4.69) is 15.4 Å². The largest absolute Gasteiger partial charge is 0.435 e. The number of ether oxygens (including phenoxy) is 1. The summed E-state index contributed by atoms with van der Waals surface area (Å²) in [6.45, 7) is -2.21. The van der Waals surface area contributed by atoms with Gasteiger partial charge in [-0.15, -0.1) is 0 Å². The highest BCUT2D eigenvalue weighted by Crippen LogP contribution is 2.44.